The number of allylic oxidation sites excluding steroid dienone is 4. The van der Waals surface area contributed by atoms with Crippen molar-refractivity contribution < 1.29 is 41.7 Å². The average molecular weight is 523 g/mol. The number of alkyl halides is 6. The van der Waals surface area contributed by atoms with E-state index in [2.05, 4.69) is 13.0 Å². The number of hydrogen-bond donors (Lipinski definition) is 3. The largest absolute Gasteiger partial charge is 0.429 e. The maximum Gasteiger partial charge on any atom is 0.429 e. The van der Waals surface area contributed by atoms with Gasteiger partial charge in [-0.25, -0.2) is 0 Å². The zero-order valence-corrected chi connectivity index (χ0v) is 20.5. The fourth-order valence-electron chi connectivity index (χ4n) is 7.45. The molecule has 0 spiro atoms. The summed E-state index contributed by atoms with van der Waals surface area (Å²) in [6.45, 7) is 2.22. The van der Waals surface area contributed by atoms with Crippen LogP contribution in [-0.4, -0.2) is 45.5 Å². The van der Waals surface area contributed by atoms with Gasteiger partial charge in [-0.2, -0.15) is 26.3 Å². The number of halogens is 6. The number of rotatable bonds is 5. The Morgan fingerprint density at radius 2 is 1.53 bits per heavy atom. The monoisotopic (exact) mass is 522 g/mol. The van der Waals surface area contributed by atoms with Crippen LogP contribution in [0.1, 0.15) is 77.6 Å². The van der Waals surface area contributed by atoms with Gasteiger partial charge in [0.25, 0.3) is 5.60 Å². The van der Waals surface area contributed by atoms with Crippen molar-refractivity contribution in [1.82, 2.24) is 0 Å². The van der Waals surface area contributed by atoms with Crippen LogP contribution in [0.15, 0.2) is 35.5 Å². The van der Waals surface area contributed by atoms with Gasteiger partial charge in [0.1, 0.15) is 0 Å². The summed E-state index contributed by atoms with van der Waals surface area (Å²) in [7, 11) is 0. The Morgan fingerprint density at radius 1 is 0.917 bits per heavy atom. The van der Waals surface area contributed by atoms with Crippen molar-refractivity contribution in [3.63, 3.8) is 0 Å². The molecule has 0 aliphatic heterocycles. The first-order valence-electron chi connectivity index (χ1n) is 12.9. The Balaban J connectivity index is 1.50. The molecule has 36 heavy (non-hydrogen) atoms. The van der Waals surface area contributed by atoms with Crippen molar-refractivity contribution in [3.8, 4) is 0 Å². The predicted octanol–water partition coefficient (Wildman–Crippen LogP) is 6.54. The minimum absolute atomic E-state index is 0.0805. The van der Waals surface area contributed by atoms with E-state index in [0.29, 0.717) is 25.2 Å². The van der Waals surface area contributed by atoms with Crippen molar-refractivity contribution >= 4 is 0 Å². The van der Waals surface area contributed by atoms with Gasteiger partial charge in [0.05, 0.1) is 12.2 Å². The lowest BCUT2D eigenvalue weighted by Gasteiger charge is -2.45. The van der Waals surface area contributed by atoms with Gasteiger partial charge in [0.15, 0.2) is 0 Å². The summed E-state index contributed by atoms with van der Waals surface area (Å²) in [5.74, 6) is 0.495. The molecule has 0 aromatic carbocycles. The Kier molecular flexibility index (Phi) is 7.28. The highest BCUT2D eigenvalue weighted by Crippen LogP contribution is 2.69. The topological polar surface area (TPSA) is 60.7 Å². The normalized spacial score (nSPS) is 36.4. The molecule has 9 heteroatoms. The summed E-state index contributed by atoms with van der Waals surface area (Å²) in [5, 5.41) is 29.4. The Labute approximate surface area is 208 Å². The van der Waals surface area contributed by atoms with E-state index in [0.717, 1.165) is 56.6 Å². The van der Waals surface area contributed by atoms with Gasteiger partial charge in [0.2, 0.25) is 0 Å². The van der Waals surface area contributed by atoms with Crippen molar-refractivity contribution in [1.29, 1.82) is 0 Å². The molecule has 0 heterocycles. The van der Waals surface area contributed by atoms with Crippen LogP contribution in [-0.2, 0) is 0 Å². The van der Waals surface area contributed by atoms with Gasteiger partial charge in [-0.15, -0.1) is 0 Å². The second-order valence-corrected chi connectivity index (χ2v) is 11.8. The van der Waals surface area contributed by atoms with E-state index < -0.39 is 30.2 Å². The minimum Gasteiger partial charge on any atom is -0.393 e. The van der Waals surface area contributed by atoms with Gasteiger partial charge in [-0.05, 0) is 99.4 Å². The highest BCUT2D eigenvalue weighted by atomic mass is 19.4. The molecular weight excluding hydrogens is 486 g/mol. The fraction of sp³-hybridized carbons (Fsp3) is 0.778. The van der Waals surface area contributed by atoms with Crippen LogP contribution in [0.25, 0.3) is 0 Å². The van der Waals surface area contributed by atoms with Crippen LogP contribution in [0.2, 0.25) is 0 Å². The second kappa shape index (κ2) is 9.45. The summed E-state index contributed by atoms with van der Waals surface area (Å²) in [6, 6.07) is 0. The van der Waals surface area contributed by atoms with Crippen molar-refractivity contribution in [3.05, 3.63) is 35.5 Å². The average Bonchev–Trinajstić information content (AvgIpc) is 3.42. The molecule has 0 radical (unpaired) electrons. The molecule has 4 rings (SSSR count). The number of hydrogen-bond acceptors (Lipinski definition) is 3. The standard InChI is InChI=1S/C27H36F6O3/c1-23-9-2-4-18(6-5-17-14-19(34)16-20(35)15-17)21(23)7-8-22(23)24(12-13-24)10-3-11-25(36,26(28,29)30)27(31,32)33/h3,5-6,11,19-22,34-36H,2,4,7-10,12-16H2,1H3/b11-3+,18-6+/t19-,20-,21?,22+,23+/m1/s1. The molecular formula is C27H36F6O3. The molecule has 5 atom stereocenters. The Bertz CT molecular complexity index is 887. The molecule has 1 unspecified atom stereocenters. The number of fused-ring (bicyclic) bond motifs is 1. The first kappa shape index (κ1) is 27.7. The third-order valence-electron chi connectivity index (χ3n) is 9.42. The molecule has 4 aliphatic rings. The summed E-state index contributed by atoms with van der Waals surface area (Å²) in [4.78, 5) is 0. The molecule has 0 saturated heterocycles. The van der Waals surface area contributed by atoms with Gasteiger partial charge in [-0.3, -0.25) is 0 Å². The highest BCUT2D eigenvalue weighted by Gasteiger charge is 2.69. The summed E-state index contributed by atoms with van der Waals surface area (Å²) >= 11 is 0. The van der Waals surface area contributed by atoms with Gasteiger partial charge < -0.3 is 15.3 Å². The summed E-state index contributed by atoms with van der Waals surface area (Å²) < 4.78 is 78.3. The van der Waals surface area contributed by atoms with E-state index in [9.17, 15) is 41.7 Å². The first-order valence-corrected chi connectivity index (χ1v) is 12.9. The highest BCUT2D eigenvalue weighted by molar-refractivity contribution is 5.27. The first-order chi connectivity index (χ1) is 16.6. The van der Waals surface area contributed by atoms with Crippen LogP contribution < -0.4 is 0 Å². The van der Waals surface area contributed by atoms with Crippen molar-refractivity contribution in [2.75, 3.05) is 0 Å². The van der Waals surface area contributed by atoms with Crippen LogP contribution in [0.3, 0.4) is 0 Å². The fourth-order valence-corrected chi connectivity index (χ4v) is 7.45. The zero-order valence-electron chi connectivity index (χ0n) is 20.5. The zero-order chi connectivity index (χ0) is 26.6. The predicted molar refractivity (Wildman–Crippen MR) is 123 cm³/mol. The van der Waals surface area contributed by atoms with Gasteiger partial charge in [-0.1, -0.05) is 36.3 Å². The molecule has 3 nitrogen and oxygen atoms in total. The number of aliphatic hydroxyl groups excluding tert-OH is 2. The SMILES string of the molecule is C[C@]12CCC/C(=C\C=C3C[C@@H](O)C[C@H](O)C3)C1CC[C@@H]2C1(C/C=C/C(O)(C(F)(F)F)C(F)(F)F)CC1. The quantitative estimate of drug-likeness (QED) is 0.284. The van der Waals surface area contributed by atoms with Crippen molar-refractivity contribution in [2.45, 2.75) is 108 Å². The lowest BCUT2D eigenvalue weighted by molar-refractivity contribution is -0.347. The number of aliphatic hydroxyl groups is 3. The maximum atomic E-state index is 13.1. The molecule has 4 fully saturated rings. The minimum atomic E-state index is -5.84. The van der Waals surface area contributed by atoms with Crippen molar-refractivity contribution in [2.24, 2.45) is 22.7 Å². The third-order valence-corrected chi connectivity index (χ3v) is 9.42. The molecule has 204 valence electrons. The van der Waals surface area contributed by atoms with Crippen LogP contribution in [0.4, 0.5) is 26.3 Å². The molecule has 0 aromatic rings. The molecule has 0 aromatic heterocycles. The van der Waals surface area contributed by atoms with E-state index in [1.165, 1.54) is 5.57 Å². The molecule has 4 aliphatic carbocycles. The van der Waals surface area contributed by atoms with Crippen LogP contribution in [0.5, 0.6) is 0 Å². The molecule has 0 bridgehead atoms. The lowest BCUT2D eigenvalue weighted by Crippen LogP contribution is -2.55. The van der Waals surface area contributed by atoms with E-state index in [4.69, 9.17) is 0 Å². The third kappa shape index (κ3) is 5.04. The smallest absolute Gasteiger partial charge is 0.393 e. The molecule has 0 amide bonds. The lowest BCUT2D eigenvalue weighted by atomic mass is 9.59. The summed E-state index contributed by atoms with van der Waals surface area (Å²) in [6.07, 6.45) is -0.0501. The Hall–Kier alpha value is -1.32. The van der Waals surface area contributed by atoms with E-state index in [1.54, 1.807) is 0 Å². The molecule has 4 saturated carbocycles. The molecule has 3 N–H and O–H groups in total. The van der Waals surface area contributed by atoms with Gasteiger partial charge >= 0.3 is 12.4 Å². The van der Waals surface area contributed by atoms with Crippen LogP contribution in [0, 0.1) is 22.7 Å². The van der Waals surface area contributed by atoms with E-state index >= 15 is 0 Å². The van der Waals surface area contributed by atoms with Crippen LogP contribution >= 0.6 is 0 Å². The second-order valence-electron chi connectivity index (χ2n) is 11.8. The maximum absolute atomic E-state index is 13.1. The Morgan fingerprint density at radius 3 is 2.08 bits per heavy atom. The van der Waals surface area contributed by atoms with E-state index in [1.807, 2.05) is 6.08 Å². The van der Waals surface area contributed by atoms with E-state index in [-0.39, 0.29) is 29.2 Å². The van der Waals surface area contributed by atoms with Gasteiger partial charge in [0, 0.05) is 0 Å². The summed E-state index contributed by atoms with van der Waals surface area (Å²) in [5.41, 5.74) is -2.92.